The molecule has 1 aromatic carbocycles. The Kier molecular flexibility index (Phi) is 4.94. The van der Waals surface area contributed by atoms with Crippen LogP contribution >= 0.6 is 11.6 Å². The number of hydrogen-bond acceptors (Lipinski definition) is 3. The van der Waals surface area contributed by atoms with E-state index in [-0.39, 0.29) is 12.6 Å². The van der Waals surface area contributed by atoms with E-state index in [4.69, 9.17) is 17.3 Å². The third kappa shape index (κ3) is 3.96. The third-order valence-electron chi connectivity index (χ3n) is 2.57. The predicted molar refractivity (Wildman–Crippen MR) is 70.4 cm³/mol. The van der Waals surface area contributed by atoms with Gasteiger partial charge in [0.2, 0.25) is 10.0 Å². The zero-order valence-corrected chi connectivity index (χ0v) is 11.4. The molecule has 0 radical (unpaired) electrons. The zero-order valence-electron chi connectivity index (χ0n) is 9.85. The van der Waals surface area contributed by atoms with Crippen LogP contribution in [0.25, 0.3) is 0 Å². The molecule has 4 nitrogen and oxygen atoms in total. The molecule has 0 aliphatic carbocycles. The first kappa shape index (κ1) is 14.4. The van der Waals surface area contributed by atoms with Crippen LogP contribution in [0.4, 0.5) is 0 Å². The summed E-state index contributed by atoms with van der Waals surface area (Å²) >= 11 is 5.77. The van der Waals surface area contributed by atoms with Gasteiger partial charge in [-0.2, -0.15) is 0 Å². The SMILES string of the molecule is CC(NS(=O)(=O)C(C)CN)c1ccc(Cl)cc1. The van der Waals surface area contributed by atoms with E-state index in [1.165, 1.54) is 0 Å². The average Bonchev–Trinajstić information content (AvgIpc) is 2.28. The molecule has 6 heteroatoms. The highest BCUT2D eigenvalue weighted by Crippen LogP contribution is 2.17. The summed E-state index contributed by atoms with van der Waals surface area (Å²) in [6.45, 7) is 3.46. The van der Waals surface area contributed by atoms with Crippen LogP contribution in [0.2, 0.25) is 5.02 Å². The fraction of sp³-hybridized carbons (Fsp3) is 0.455. The molecule has 0 aliphatic rings. The van der Waals surface area contributed by atoms with E-state index in [1.807, 2.05) is 0 Å². The second-order valence-corrected chi connectivity index (χ2v) is 6.55. The lowest BCUT2D eigenvalue weighted by Crippen LogP contribution is -2.38. The Hall–Kier alpha value is -0.620. The molecule has 0 saturated heterocycles. The minimum Gasteiger partial charge on any atom is -0.329 e. The van der Waals surface area contributed by atoms with Crippen molar-refractivity contribution < 1.29 is 8.42 Å². The molecule has 3 N–H and O–H groups in total. The molecule has 0 aliphatic heterocycles. The molecule has 0 spiro atoms. The lowest BCUT2D eigenvalue weighted by atomic mass is 10.1. The first-order chi connectivity index (χ1) is 7.86. The number of nitrogens with two attached hydrogens (primary N) is 1. The minimum atomic E-state index is -3.38. The maximum absolute atomic E-state index is 11.8. The number of sulfonamides is 1. The second kappa shape index (κ2) is 5.82. The van der Waals surface area contributed by atoms with Gasteiger partial charge < -0.3 is 5.73 Å². The van der Waals surface area contributed by atoms with E-state index in [0.29, 0.717) is 5.02 Å². The Morgan fingerprint density at radius 2 is 1.82 bits per heavy atom. The molecule has 0 fully saturated rings. The van der Waals surface area contributed by atoms with Gasteiger partial charge >= 0.3 is 0 Å². The highest BCUT2D eigenvalue weighted by Gasteiger charge is 2.21. The number of hydrogen-bond donors (Lipinski definition) is 2. The quantitative estimate of drug-likeness (QED) is 0.859. The first-order valence-electron chi connectivity index (χ1n) is 5.33. The Morgan fingerprint density at radius 1 is 1.29 bits per heavy atom. The van der Waals surface area contributed by atoms with Gasteiger partial charge in [-0.3, -0.25) is 0 Å². The summed E-state index contributed by atoms with van der Waals surface area (Å²) in [7, 11) is -3.38. The van der Waals surface area contributed by atoms with Crippen molar-refractivity contribution in [3.8, 4) is 0 Å². The molecular weight excluding hydrogens is 260 g/mol. The topological polar surface area (TPSA) is 72.2 Å². The summed E-state index contributed by atoms with van der Waals surface area (Å²) in [5.74, 6) is 0. The zero-order chi connectivity index (χ0) is 13.1. The van der Waals surface area contributed by atoms with Crippen LogP contribution in [0.5, 0.6) is 0 Å². The van der Waals surface area contributed by atoms with E-state index in [0.717, 1.165) is 5.56 Å². The van der Waals surface area contributed by atoms with E-state index < -0.39 is 15.3 Å². The first-order valence-corrected chi connectivity index (χ1v) is 7.26. The van der Waals surface area contributed by atoms with Crippen molar-refractivity contribution in [2.75, 3.05) is 6.54 Å². The Morgan fingerprint density at radius 3 is 2.29 bits per heavy atom. The van der Waals surface area contributed by atoms with Crippen LogP contribution in [-0.2, 0) is 10.0 Å². The van der Waals surface area contributed by atoms with Crippen LogP contribution in [-0.4, -0.2) is 20.2 Å². The normalized spacial score (nSPS) is 15.5. The summed E-state index contributed by atoms with van der Waals surface area (Å²) in [4.78, 5) is 0. The van der Waals surface area contributed by atoms with Gasteiger partial charge in [0.15, 0.2) is 0 Å². The number of nitrogens with one attached hydrogen (secondary N) is 1. The molecule has 1 aromatic rings. The molecule has 0 aromatic heterocycles. The van der Waals surface area contributed by atoms with Crippen molar-refractivity contribution in [1.29, 1.82) is 0 Å². The van der Waals surface area contributed by atoms with Crippen LogP contribution < -0.4 is 10.5 Å². The van der Waals surface area contributed by atoms with Gasteiger partial charge in [0.05, 0.1) is 5.25 Å². The highest BCUT2D eigenvalue weighted by atomic mass is 35.5. The minimum absolute atomic E-state index is 0.0999. The fourth-order valence-corrected chi connectivity index (χ4v) is 2.55. The van der Waals surface area contributed by atoms with E-state index >= 15 is 0 Å². The largest absolute Gasteiger partial charge is 0.329 e. The maximum atomic E-state index is 11.8. The molecule has 0 heterocycles. The van der Waals surface area contributed by atoms with Gasteiger partial charge in [0.25, 0.3) is 0 Å². The van der Waals surface area contributed by atoms with Gasteiger partial charge in [-0.15, -0.1) is 0 Å². The average molecular weight is 277 g/mol. The summed E-state index contributed by atoms with van der Waals surface area (Å²) in [5.41, 5.74) is 6.22. The molecule has 0 saturated carbocycles. The molecule has 0 amide bonds. The molecule has 2 atom stereocenters. The van der Waals surface area contributed by atoms with Crippen molar-refractivity contribution in [2.24, 2.45) is 5.73 Å². The molecule has 1 rings (SSSR count). The van der Waals surface area contributed by atoms with Gasteiger partial charge in [0, 0.05) is 17.6 Å². The summed E-state index contributed by atoms with van der Waals surface area (Å²) in [6, 6.07) is 6.75. The number of rotatable bonds is 5. The van der Waals surface area contributed by atoms with E-state index in [2.05, 4.69) is 4.72 Å². The maximum Gasteiger partial charge on any atom is 0.216 e. The smallest absolute Gasteiger partial charge is 0.216 e. The Labute approximate surface area is 107 Å². The molecular formula is C11H17ClN2O2S. The van der Waals surface area contributed by atoms with Gasteiger partial charge in [0.1, 0.15) is 0 Å². The van der Waals surface area contributed by atoms with Crippen molar-refractivity contribution >= 4 is 21.6 Å². The van der Waals surface area contributed by atoms with E-state index in [1.54, 1.807) is 38.1 Å². The van der Waals surface area contributed by atoms with Crippen molar-refractivity contribution in [3.05, 3.63) is 34.9 Å². The lowest BCUT2D eigenvalue weighted by molar-refractivity contribution is 0.555. The van der Waals surface area contributed by atoms with Gasteiger partial charge in [-0.1, -0.05) is 23.7 Å². The second-order valence-electron chi connectivity index (χ2n) is 3.98. The predicted octanol–water partition coefficient (Wildman–Crippen LogP) is 1.67. The van der Waals surface area contributed by atoms with Crippen LogP contribution in [0.3, 0.4) is 0 Å². The Bertz CT molecular complexity index is 459. The standard InChI is InChI=1S/C11H17ClN2O2S/c1-8(7-13)17(15,16)14-9(2)10-3-5-11(12)6-4-10/h3-6,8-9,14H,7,13H2,1-2H3. The van der Waals surface area contributed by atoms with Crippen LogP contribution in [0.1, 0.15) is 25.5 Å². The summed E-state index contributed by atoms with van der Waals surface area (Å²) in [6.07, 6.45) is 0. The summed E-state index contributed by atoms with van der Waals surface area (Å²) < 4.78 is 26.2. The third-order valence-corrected chi connectivity index (χ3v) is 4.76. The van der Waals surface area contributed by atoms with Gasteiger partial charge in [-0.25, -0.2) is 13.1 Å². The van der Waals surface area contributed by atoms with Crippen LogP contribution in [0, 0.1) is 0 Å². The van der Waals surface area contributed by atoms with E-state index in [9.17, 15) is 8.42 Å². The lowest BCUT2D eigenvalue weighted by Gasteiger charge is -2.17. The highest BCUT2D eigenvalue weighted by molar-refractivity contribution is 7.90. The van der Waals surface area contributed by atoms with Crippen molar-refractivity contribution in [2.45, 2.75) is 25.1 Å². The van der Waals surface area contributed by atoms with Crippen molar-refractivity contribution in [3.63, 3.8) is 0 Å². The Balaban J connectivity index is 2.79. The monoisotopic (exact) mass is 276 g/mol. The number of halogens is 1. The van der Waals surface area contributed by atoms with Gasteiger partial charge in [-0.05, 0) is 31.5 Å². The number of benzene rings is 1. The van der Waals surface area contributed by atoms with Crippen molar-refractivity contribution in [1.82, 2.24) is 4.72 Å². The van der Waals surface area contributed by atoms with Crippen LogP contribution in [0.15, 0.2) is 24.3 Å². The molecule has 17 heavy (non-hydrogen) atoms. The summed E-state index contributed by atoms with van der Waals surface area (Å²) in [5, 5.41) is 0.0244. The molecule has 96 valence electrons. The fourth-order valence-electron chi connectivity index (χ4n) is 1.31. The molecule has 0 bridgehead atoms. The molecule has 2 unspecified atom stereocenters.